The summed E-state index contributed by atoms with van der Waals surface area (Å²) < 4.78 is 84.2. The highest BCUT2D eigenvalue weighted by atomic mass is 19.4. The van der Waals surface area contributed by atoms with Crippen LogP contribution in [0.15, 0.2) is 24.8 Å². The number of aromatic nitrogens is 6. The second-order valence-corrected chi connectivity index (χ2v) is 6.43. The van der Waals surface area contributed by atoms with Gasteiger partial charge < -0.3 is 9.47 Å². The number of carbonyl (C=O) groups is 2. The normalized spacial score (nSPS) is 11.5. The zero-order valence-corrected chi connectivity index (χ0v) is 18.4. The van der Waals surface area contributed by atoms with Gasteiger partial charge in [0.1, 0.15) is 16.8 Å². The Morgan fingerprint density at radius 3 is 1.94 bits per heavy atom. The van der Waals surface area contributed by atoms with Crippen molar-refractivity contribution < 1.29 is 45.4 Å². The second-order valence-electron chi connectivity index (χ2n) is 6.43. The number of ether oxygens (including phenoxy) is 2. The minimum atomic E-state index is -4.63. The maximum Gasteiger partial charge on any atom is 0.451 e. The molecule has 0 aliphatic rings. The van der Waals surface area contributed by atoms with Crippen LogP contribution < -0.4 is 0 Å². The molecule has 0 unspecified atom stereocenters. The number of aryl methyl sites for hydroxylation is 1. The molecule has 0 bridgehead atoms. The Morgan fingerprint density at radius 1 is 0.914 bits per heavy atom. The fourth-order valence-corrected chi connectivity index (χ4v) is 2.45. The van der Waals surface area contributed by atoms with E-state index in [2.05, 4.69) is 24.9 Å². The number of hydrogen-bond acceptors (Lipinski definition) is 8. The van der Waals surface area contributed by atoms with E-state index in [4.69, 9.17) is 4.74 Å². The molecule has 0 aliphatic carbocycles. The number of carbonyl (C=O) groups excluding carboxylic acids is 2. The Bertz CT molecular complexity index is 1150. The summed E-state index contributed by atoms with van der Waals surface area (Å²) in [6, 6.07) is 0. The Kier molecular flexibility index (Phi) is 8.54. The van der Waals surface area contributed by atoms with Gasteiger partial charge in [-0.3, -0.25) is 5.10 Å². The Balaban J connectivity index is 0.000000269. The largest absolute Gasteiger partial charge is 0.462 e. The molecule has 10 nitrogen and oxygen atoms in total. The van der Waals surface area contributed by atoms with Gasteiger partial charge in [0.2, 0.25) is 5.82 Å². The number of hydrogen-bond donors (Lipinski definition) is 1. The van der Waals surface area contributed by atoms with Gasteiger partial charge in [-0.2, -0.15) is 36.5 Å². The first-order valence-corrected chi connectivity index (χ1v) is 9.70. The minimum absolute atomic E-state index is 0.0152. The fourth-order valence-electron chi connectivity index (χ4n) is 2.45. The van der Waals surface area contributed by atoms with Crippen LogP contribution in [0.1, 0.15) is 51.8 Å². The average Bonchev–Trinajstić information content (AvgIpc) is 3.41. The van der Waals surface area contributed by atoms with Crippen LogP contribution in [0.2, 0.25) is 0 Å². The van der Waals surface area contributed by atoms with Crippen LogP contribution in [0.25, 0.3) is 5.69 Å². The van der Waals surface area contributed by atoms with Crippen molar-refractivity contribution in [1.29, 1.82) is 0 Å². The molecule has 0 atom stereocenters. The highest BCUT2D eigenvalue weighted by molar-refractivity contribution is 5.90. The third kappa shape index (κ3) is 7.00. The van der Waals surface area contributed by atoms with Crippen LogP contribution >= 0.6 is 0 Å². The van der Waals surface area contributed by atoms with Crippen molar-refractivity contribution in [3.05, 3.63) is 53.1 Å². The van der Waals surface area contributed by atoms with Crippen molar-refractivity contribution in [3.8, 4) is 5.69 Å². The summed E-state index contributed by atoms with van der Waals surface area (Å²) in [5, 5.41) is 8.89. The summed E-state index contributed by atoms with van der Waals surface area (Å²) >= 11 is 0. The number of rotatable bonds is 5. The Labute approximate surface area is 193 Å². The standard InChI is InChI=1S/C12H11F3N4O2.C7H7F3N2O2/c1-3-21-10(20)9-6-19(18-7(9)2)8-4-16-11(17-5-8)12(13,14)15;1-2-14-6(13)4-3-11-12-5(4)7(8,9)10/h4-6H,3H2,1-2H3;3H,2H2,1H3,(H,11,12). The van der Waals surface area contributed by atoms with E-state index in [0.717, 1.165) is 18.6 Å². The maximum atomic E-state index is 12.4. The Morgan fingerprint density at radius 2 is 1.46 bits per heavy atom. The van der Waals surface area contributed by atoms with Gasteiger partial charge in [0.15, 0.2) is 5.69 Å². The predicted octanol–water partition coefficient (Wildman–Crippen LogP) is 3.77. The minimum Gasteiger partial charge on any atom is -0.462 e. The van der Waals surface area contributed by atoms with Gasteiger partial charge in [-0.05, 0) is 20.8 Å². The Hall–Kier alpha value is -3.98. The van der Waals surface area contributed by atoms with Gasteiger partial charge >= 0.3 is 24.3 Å². The lowest BCUT2D eigenvalue weighted by molar-refractivity contribution is -0.145. The summed E-state index contributed by atoms with van der Waals surface area (Å²) in [7, 11) is 0. The highest BCUT2D eigenvalue weighted by Crippen LogP contribution is 2.30. The number of nitrogens with one attached hydrogen (secondary N) is 1. The number of alkyl halides is 6. The van der Waals surface area contributed by atoms with Crippen LogP contribution in [0, 0.1) is 6.92 Å². The number of H-pyrrole nitrogens is 1. The molecule has 3 rings (SSSR count). The first kappa shape index (κ1) is 27.3. The molecule has 0 aliphatic heterocycles. The smallest absolute Gasteiger partial charge is 0.451 e. The third-order valence-corrected chi connectivity index (χ3v) is 3.97. The summed E-state index contributed by atoms with van der Waals surface area (Å²) in [4.78, 5) is 29.1. The van der Waals surface area contributed by atoms with Gasteiger partial charge in [0, 0.05) is 6.20 Å². The van der Waals surface area contributed by atoms with Crippen molar-refractivity contribution in [2.24, 2.45) is 0 Å². The van der Waals surface area contributed by atoms with Gasteiger partial charge in [-0.15, -0.1) is 0 Å². The molecule has 3 aromatic rings. The molecule has 0 aromatic carbocycles. The van der Waals surface area contributed by atoms with Crippen LogP contribution in [0.3, 0.4) is 0 Å². The summed E-state index contributed by atoms with van der Waals surface area (Å²) in [5.74, 6) is -2.82. The van der Waals surface area contributed by atoms with E-state index >= 15 is 0 Å². The van der Waals surface area contributed by atoms with Crippen molar-refractivity contribution in [3.63, 3.8) is 0 Å². The topological polar surface area (TPSA) is 125 Å². The van der Waals surface area contributed by atoms with Crippen molar-refractivity contribution in [1.82, 2.24) is 29.9 Å². The molecule has 190 valence electrons. The average molecular weight is 508 g/mol. The molecule has 3 aromatic heterocycles. The van der Waals surface area contributed by atoms with E-state index in [9.17, 15) is 35.9 Å². The third-order valence-electron chi connectivity index (χ3n) is 3.97. The van der Waals surface area contributed by atoms with E-state index in [-0.39, 0.29) is 24.5 Å². The first-order valence-electron chi connectivity index (χ1n) is 9.70. The molecule has 0 spiro atoms. The SMILES string of the molecule is CCOC(=O)c1cn(-c2cnc(C(F)(F)F)nc2)nc1C.CCOC(=O)c1cn[nH]c1C(F)(F)F. The van der Waals surface area contributed by atoms with Gasteiger partial charge in [-0.1, -0.05) is 0 Å². The number of aromatic amines is 1. The summed E-state index contributed by atoms with van der Waals surface area (Å²) in [5.41, 5.74) is -0.943. The molecule has 3 heterocycles. The molecule has 35 heavy (non-hydrogen) atoms. The van der Waals surface area contributed by atoms with Crippen LogP contribution in [-0.2, 0) is 21.8 Å². The van der Waals surface area contributed by atoms with Crippen LogP contribution in [0.4, 0.5) is 26.3 Å². The van der Waals surface area contributed by atoms with Gasteiger partial charge in [0.05, 0.1) is 37.5 Å². The number of esters is 2. The summed E-state index contributed by atoms with van der Waals surface area (Å²) in [6.45, 7) is 4.99. The van der Waals surface area contributed by atoms with E-state index < -0.39 is 41.4 Å². The molecule has 16 heteroatoms. The van der Waals surface area contributed by atoms with E-state index in [1.165, 1.54) is 17.8 Å². The monoisotopic (exact) mass is 508 g/mol. The van der Waals surface area contributed by atoms with E-state index in [0.29, 0.717) is 5.69 Å². The second kappa shape index (κ2) is 11.0. The first-order chi connectivity index (χ1) is 16.3. The number of nitrogens with zero attached hydrogens (tertiary/aromatic N) is 5. The van der Waals surface area contributed by atoms with Gasteiger partial charge in [-0.25, -0.2) is 24.2 Å². The van der Waals surface area contributed by atoms with E-state index in [1.54, 1.807) is 18.9 Å². The van der Waals surface area contributed by atoms with Crippen molar-refractivity contribution in [2.75, 3.05) is 13.2 Å². The van der Waals surface area contributed by atoms with Crippen LogP contribution in [0.5, 0.6) is 0 Å². The molecule has 0 fully saturated rings. The molecule has 0 amide bonds. The molecule has 0 saturated heterocycles. The summed E-state index contributed by atoms with van der Waals surface area (Å²) in [6.07, 6.45) is -5.11. The molecule has 1 N–H and O–H groups in total. The molecule has 0 radical (unpaired) electrons. The predicted molar refractivity (Wildman–Crippen MR) is 104 cm³/mol. The van der Waals surface area contributed by atoms with Crippen LogP contribution in [-0.4, -0.2) is 55.1 Å². The molecule has 0 saturated carbocycles. The molecular weight excluding hydrogens is 490 g/mol. The quantitative estimate of drug-likeness (QED) is 0.408. The lowest BCUT2D eigenvalue weighted by atomic mass is 10.2. The van der Waals surface area contributed by atoms with Crippen molar-refractivity contribution in [2.45, 2.75) is 33.1 Å². The van der Waals surface area contributed by atoms with E-state index in [1.807, 2.05) is 0 Å². The zero-order chi connectivity index (χ0) is 26.4. The number of halogens is 6. The highest BCUT2D eigenvalue weighted by Gasteiger charge is 2.38. The lowest BCUT2D eigenvalue weighted by Crippen LogP contribution is -2.14. The maximum absolute atomic E-state index is 12.4. The van der Waals surface area contributed by atoms with Crippen molar-refractivity contribution >= 4 is 11.9 Å². The van der Waals surface area contributed by atoms with Gasteiger partial charge in [0.25, 0.3) is 0 Å². The zero-order valence-electron chi connectivity index (χ0n) is 18.4. The lowest BCUT2D eigenvalue weighted by Gasteiger charge is -2.05. The fraction of sp³-hybridized carbons (Fsp3) is 0.368. The molecular formula is C19H18F6N6O4.